The molecular formula is C59H38N2S. The Bertz CT molecular complexity index is 3190. The zero-order chi connectivity index (χ0) is 41.0. The van der Waals surface area contributed by atoms with Crippen molar-refractivity contribution in [3.63, 3.8) is 0 Å². The molecule has 0 fully saturated rings. The van der Waals surface area contributed by atoms with Gasteiger partial charge in [-0.15, -0.1) is 0 Å². The van der Waals surface area contributed by atoms with E-state index in [4.69, 9.17) is 9.97 Å². The molecule has 3 heteroatoms. The van der Waals surface area contributed by atoms with Gasteiger partial charge in [0.25, 0.3) is 0 Å². The van der Waals surface area contributed by atoms with Crippen LogP contribution in [0, 0.1) is 0 Å². The summed E-state index contributed by atoms with van der Waals surface area (Å²) in [4.78, 5) is 13.3. The lowest BCUT2D eigenvalue weighted by atomic mass is 9.67. The highest BCUT2D eigenvalue weighted by molar-refractivity contribution is 7.99. The molecule has 0 saturated heterocycles. The fraction of sp³-hybridized carbons (Fsp3) is 0.0169. The van der Waals surface area contributed by atoms with Crippen LogP contribution in [0.5, 0.6) is 0 Å². The minimum atomic E-state index is -0.460. The second kappa shape index (κ2) is 14.8. The molecule has 2 aliphatic rings. The van der Waals surface area contributed by atoms with Crippen LogP contribution < -0.4 is 0 Å². The van der Waals surface area contributed by atoms with Gasteiger partial charge in [0.05, 0.1) is 16.8 Å². The van der Waals surface area contributed by atoms with E-state index in [1.807, 2.05) is 11.8 Å². The summed E-state index contributed by atoms with van der Waals surface area (Å²) in [6.45, 7) is 0. The molecule has 0 saturated carbocycles. The monoisotopic (exact) mass is 806 g/mol. The van der Waals surface area contributed by atoms with Crippen LogP contribution in [0.2, 0.25) is 0 Å². The smallest absolute Gasteiger partial charge is 0.160 e. The molecule has 12 rings (SSSR count). The summed E-state index contributed by atoms with van der Waals surface area (Å²) in [7, 11) is 0. The molecule has 0 unspecified atom stereocenters. The van der Waals surface area contributed by atoms with Crippen molar-refractivity contribution in [1.29, 1.82) is 0 Å². The van der Waals surface area contributed by atoms with Crippen LogP contribution in [-0.2, 0) is 5.41 Å². The third-order valence-corrected chi connectivity index (χ3v) is 13.7. The van der Waals surface area contributed by atoms with E-state index in [1.165, 1.54) is 48.7 Å². The maximum Gasteiger partial charge on any atom is 0.160 e. The average molecular weight is 807 g/mol. The molecule has 9 aromatic carbocycles. The van der Waals surface area contributed by atoms with Crippen molar-refractivity contribution >= 4 is 11.8 Å². The standard InChI is InChI=1S/C59H38N2S/c1-3-17-39(18-4-1)41-21-15-23-44(35-41)54-38-55(61-58(60-54)45-24-16-22-42(36-45)40-19-5-2-6-20-40)49-28-8-7-25-46(49)43-33-34-57-53(37-43)59(52-31-13-14-32-56(52)62-57)50-29-11-9-26-47(50)48-27-10-12-30-51(48)59/h1-38H. The van der Waals surface area contributed by atoms with Crippen LogP contribution in [0.3, 0.4) is 0 Å². The first-order chi connectivity index (χ1) is 30.7. The second-order valence-corrected chi connectivity index (χ2v) is 17.1. The van der Waals surface area contributed by atoms with E-state index in [-0.39, 0.29) is 0 Å². The number of benzene rings is 9. The Morgan fingerprint density at radius 1 is 0.274 bits per heavy atom. The van der Waals surface area contributed by atoms with Crippen LogP contribution >= 0.6 is 11.8 Å². The number of aromatic nitrogens is 2. The molecule has 0 N–H and O–H groups in total. The van der Waals surface area contributed by atoms with Gasteiger partial charge in [-0.2, -0.15) is 0 Å². The van der Waals surface area contributed by atoms with Crippen LogP contribution in [0.15, 0.2) is 240 Å². The molecule has 1 aliphatic carbocycles. The molecule has 0 atom stereocenters. The SMILES string of the molecule is c1ccc(-c2cccc(-c3cc(-c4ccccc4-c4ccc5c(c4)C4(c6ccccc6S5)c5ccccc5-c5ccccc54)nc(-c4cccc(-c5ccccc5)c4)n3)c2)cc1. The van der Waals surface area contributed by atoms with E-state index in [9.17, 15) is 0 Å². The average Bonchev–Trinajstić information content (AvgIpc) is 3.65. The molecule has 1 aliphatic heterocycles. The van der Waals surface area contributed by atoms with Gasteiger partial charge >= 0.3 is 0 Å². The highest BCUT2D eigenvalue weighted by Crippen LogP contribution is 2.62. The molecule has 1 aromatic heterocycles. The second-order valence-electron chi connectivity index (χ2n) is 16.1. The zero-order valence-corrected chi connectivity index (χ0v) is 34.6. The summed E-state index contributed by atoms with van der Waals surface area (Å²) >= 11 is 1.87. The van der Waals surface area contributed by atoms with E-state index in [0.29, 0.717) is 5.82 Å². The van der Waals surface area contributed by atoms with Gasteiger partial charge < -0.3 is 0 Å². The fourth-order valence-corrected chi connectivity index (χ4v) is 11.0. The Morgan fingerprint density at radius 3 is 1.44 bits per heavy atom. The fourth-order valence-electron chi connectivity index (χ4n) is 9.80. The quantitative estimate of drug-likeness (QED) is 0.167. The largest absolute Gasteiger partial charge is 0.228 e. The molecule has 0 amide bonds. The van der Waals surface area contributed by atoms with E-state index < -0.39 is 5.41 Å². The van der Waals surface area contributed by atoms with Crippen molar-refractivity contribution < 1.29 is 0 Å². The van der Waals surface area contributed by atoms with E-state index in [1.54, 1.807) is 0 Å². The summed E-state index contributed by atoms with van der Waals surface area (Å²) in [5, 5.41) is 0. The Balaban J connectivity index is 1.06. The van der Waals surface area contributed by atoms with Crippen LogP contribution in [0.4, 0.5) is 0 Å². The topological polar surface area (TPSA) is 25.8 Å². The van der Waals surface area contributed by atoms with Crippen LogP contribution in [-0.4, -0.2) is 9.97 Å². The molecule has 10 aromatic rings. The Labute approximate surface area is 366 Å². The van der Waals surface area contributed by atoms with Gasteiger partial charge in [0, 0.05) is 26.5 Å². The maximum atomic E-state index is 5.43. The first-order valence-corrected chi connectivity index (χ1v) is 22.0. The van der Waals surface area contributed by atoms with Gasteiger partial charge in [0.15, 0.2) is 5.82 Å². The van der Waals surface area contributed by atoms with Crippen molar-refractivity contribution in [3.8, 4) is 78.4 Å². The summed E-state index contributed by atoms with van der Waals surface area (Å²) in [5.41, 5.74) is 19.1. The molecule has 2 heterocycles. The molecule has 0 radical (unpaired) electrons. The maximum absolute atomic E-state index is 5.43. The van der Waals surface area contributed by atoms with Crippen molar-refractivity contribution in [2.75, 3.05) is 0 Å². The first kappa shape index (κ1) is 36.3. The summed E-state index contributed by atoms with van der Waals surface area (Å²) in [6.07, 6.45) is 0. The summed E-state index contributed by atoms with van der Waals surface area (Å²) in [5.74, 6) is 0.687. The van der Waals surface area contributed by atoms with Gasteiger partial charge in [0.2, 0.25) is 0 Å². The predicted molar refractivity (Wildman–Crippen MR) is 256 cm³/mol. The van der Waals surface area contributed by atoms with Gasteiger partial charge in [-0.25, -0.2) is 9.97 Å². The molecule has 62 heavy (non-hydrogen) atoms. The Kier molecular flexibility index (Phi) is 8.69. The van der Waals surface area contributed by atoms with E-state index in [0.717, 1.165) is 55.9 Å². The summed E-state index contributed by atoms with van der Waals surface area (Å²) in [6, 6.07) is 83.4. The lowest BCUT2D eigenvalue weighted by Crippen LogP contribution is -2.32. The summed E-state index contributed by atoms with van der Waals surface area (Å²) < 4.78 is 0. The van der Waals surface area contributed by atoms with Crippen molar-refractivity contribution in [1.82, 2.24) is 9.97 Å². The lowest BCUT2D eigenvalue weighted by molar-refractivity contribution is 0.723. The highest BCUT2D eigenvalue weighted by atomic mass is 32.2. The predicted octanol–water partition coefficient (Wildman–Crippen LogP) is 15.3. The zero-order valence-electron chi connectivity index (χ0n) is 33.7. The molecule has 290 valence electrons. The van der Waals surface area contributed by atoms with Crippen molar-refractivity contribution in [3.05, 3.63) is 253 Å². The third-order valence-electron chi connectivity index (χ3n) is 12.6. The molecule has 0 bridgehead atoms. The van der Waals surface area contributed by atoms with Gasteiger partial charge in [-0.05, 0) is 103 Å². The normalized spacial score (nSPS) is 12.9. The van der Waals surface area contributed by atoms with Crippen LogP contribution in [0.25, 0.3) is 78.4 Å². The molecule has 1 spiro atoms. The highest BCUT2D eigenvalue weighted by Gasteiger charge is 2.50. The van der Waals surface area contributed by atoms with Gasteiger partial charge in [0.1, 0.15) is 0 Å². The first-order valence-electron chi connectivity index (χ1n) is 21.1. The van der Waals surface area contributed by atoms with Crippen molar-refractivity contribution in [2.24, 2.45) is 0 Å². The minimum Gasteiger partial charge on any atom is -0.228 e. The minimum absolute atomic E-state index is 0.460. The lowest BCUT2D eigenvalue weighted by Gasteiger charge is -2.40. The number of rotatable bonds is 6. The van der Waals surface area contributed by atoms with Crippen LogP contribution in [0.1, 0.15) is 22.3 Å². The molecule has 2 nitrogen and oxygen atoms in total. The van der Waals surface area contributed by atoms with E-state index in [2.05, 4.69) is 231 Å². The number of hydrogen-bond donors (Lipinski definition) is 0. The van der Waals surface area contributed by atoms with Gasteiger partial charge in [-0.3, -0.25) is 0 Å². The Morgan fingerprint density at radius 2 is 0.758 bits per heavy atom. The molecular weight excluding hydrogens is 769 g/mol. The number of fused-ring (bicyclic) bond motifs is 9. The number of nitrogens with zero attached hydrogens (tertiary/aromatic N) is 2. The third kappa shape index (κ3) is 5.89. The van der Waals surface area contributed by atoms with Gasteiger partial charge in [-0.1, -0.05) is 206 Å². The van der Waals surface area contributed by atoms with Crippen molar-refractivity contribution in [2.45, 2.75) is 15.2 Å². The Hall–Kier alpha value is -7.59. The number of hydrogen-bond acceptors (Lipinski definition) is 3. The van der Waals surface area contributed by atoms with E-state index >= 15 is 0 Å².